The van der Waals surface area contributed by atoms with E-state index in [1.165, 1.54) is 69.2 Å². The van der Waals surface area contributed by atoms with E-state index in [4.69, 9.17) is 14.3 Å². The molecule has 2 aliphatic heterocycles. The van der Waals surface area contributed by atoms with Gasteiger partial charge in [0, 0.05) is 174 Å². The number of ketones is 2. The van der Waals surface area contributed by atoms with E-state index in [-0.39, 0.29) is 101 Å². The predicted molar refractivity (Wildman–Crippen MR) is 468 cm³/mol. The van der Waals surface area contributed by atoms with Crippen LogP contribution in [0.5, 0.6) is 0 Å². The van der Waals surface area contributed by atoms with Crippen molar-refractivity contribution >= 4 is 96.9 Å². The fourth-order valence-corrected chi connectivity index (χ4v) is 18.6. The van der Waals surface area contributed by atoms with Crippen LogP contribution in [0.1, 0.15) is 205 Å². The number of rotatable bonds is 22. The second-order valence-corrected chi connectivity index (χ2v) is 45.2. The summed E-state index contributed by atoms with van der Waals surface area (Å²) in [6.45, 7) is 29.2. The Balaban J connectivity index is 0.000000205. The minimum Gasteiger partial charge on any atom is -0.399 e. The summed E-state index contributed by atoms with van der Waals surface area (Å²) in [4.78, 5) is 68.1. The number of carbonyl (C=O) groups is 2. The Hall–Kier alpha value is -8.63. The van der Waals surface area contributed by atoms with Crippen LogP contribution >= 0.6 is 15.9 Å². The van der Waals surface area contributed by atoms with Gasteiger partial charge < -0.3 is 23.0 Å². The molecule has 0 saturated carbocycles. The topological polar surface area (TPSA) is 268 Å². The molecule has 3 aromatic heterocycles. The number of carbonyl (C=O) groups excluding carboxylic acids is 2. The third-order valence-electron chi connectivity index (χ3n) is 20.9. The quantitative estimate of drug-likeness (QED) is 0.0347. The van der Waals surface area contributed by atoms with Gasteiger partial charge in [0.1, 0.15) is 34.9 Å². The van der Waals surface area contributed by atoms with Crippen LogP contribution in [0.4, 0.5) is 26.3 Å². The normalized spacial score (nSPS) is 15.5. The second-order valence-electron chi connectivity index (χ2n) is 32.7. The molecule has 9 aromatic rings. The van der Waals surface area contributed by atoms with Crippen LogP contribution in [0, 0.1) is 34.9 Å². The lowest BCUT2D eigenvalue weighted by molar-refractivity contribution is 0.00578. The first kappa shape index (κ1) is 96.8. The van der Waals surface area contributed by atoms with Crippen molar-refractivity contribution in [3.05, 3.63) is 283 Å². The van der Waals surface area contributed by atoms with Crippen molar-refractivity contribution in [1.82, 2.24) is 13.7 Å². The summed E-state index contributed by atoms with van der Waals surface area (Å²) in [6.07, 6.45) is 4.98. The van der Waals surface area contributed by atoms with Crippen LogP contribution in [-0.2, 0) is 98.8 Å². The van der Waals surface area contributed by atoms with E-state index in [1.54, 1.807) is 96.9 Å². The summed E-state index contributed by atoms with van der Waals surface area (Å²) < 4.78 is 199. The lowest BCUT2D eigenvalue weighted by atomic mass is 9.73. The van der Waals surface area contributed by atoms with Crippen molar-refractivity contribution in [1.29, 1.82) is 0 Å². The summed E-state index contributed by atoms with van der Waals surface area (Å²) in [5, 5.41) is 0. The molecule has 120 heavy (non-hydrogen) atoms. The van der Waals surface area contributed by atoms with Gasteiger partial charge in [-0.25, -0.2) is 51.6 Å². The van der Waals surface area contributed by atoms with Crippen LogP contribution in [-0.4, -0.2) is 121 Å². The zero-order valence-corrected chi connectivity index (χ0v) is 76.1. The maximum absolute atomic E-state index is 14.7. The standard InChI is InChI=1S/C29H33F2NO5S2.C24H22F2N2O3S.C22H25BF2O5S.C13H20BrNO2S/c1-7-39(36,37)17-19-8-10-21(28(34)22-11-9-20(30)13-26(22)31)24(12-19)25-15-32(6)27(33)14-23(25)18(2)16-38(35)29(3,4)5;1-4-32(30,31)13-15-5-7-17-20(9-15)21-12-28(3)23(29)11-19(21)14(2)27-24(17)18-8-6-16(25)10-22(18)26;1-6-31(27,28)13-14-7-9-16(20(26)17-10-8-15(24)12-19(17)25)18(11-14)23-29-21(2,3)22(4,5)30-23;1-9(8-18(17)13(2,3)4)10-6-12(16)15(5)7-11(10)14/h8-15,18H,7,16-17H2,1-6H3;5-12,14H,4,13H2,1-3H3;7-12H,6,13H2,1-5H3;6-7,9H,8H2,1-5H3/t18-,38-;14-;;9-,18-/m10.1/s1. The Labute approximate surface area is 711 Å². The molecule has 2 aliphatic rings. The van der Waals surface area contributed by atoms with Crippen molar-refractivity contribution in [3.8, 4) is 22.3 Å². The average molecular weight is 1820 g/mol. The number of sulfone groups is 3. The highest BCUT2D eigenvalue weighted by Gasteiger charge is 2.53. The molecule has 0 spiro atoms. The van der Waals surface area contributed by atoms with Gasteiger partial charge in [-0.1, -0.05) is 77.1 Å². The highest BCUT2D eigenvalue weighted by atomic mass is 79.9. The number of benzene rings is 6. The molecule has 0 amide bonds. The van der Waals surface area contributed by atoms with Gasteiger partial charge in [0.05, 0.1) is 51.3 Å². The molecule has 6 aromatic carbocycles. The van der Waals surface area contributed by atoms with Gasteiger partial charge in [0.2, 0.25) is 0 Å². The lowest BCUT2D eigenvalue weighted by Crippen LogP contribution is -2.41. The number of aliphatic imine (C=N–C) groups is 1. The third kappa shape index (κ3) is 23.8. The van der Waals surface area contributed by atoms with Crippen molar-refractivity contribution in [3.63, 3.8) is 0 Å². The molecule has 1 saturated heterocycles. The molecule has 644 valence electrons. The number of hydrogen-bond donors (Lipinski definition) is 0. The highest BCUT2D eigenvalue weighted by Crippen LogP contribution is 2.41. The number of aromatic nitrogens is 3. The molecule has 5 atom stereocenters. The van der Waals surface area contributed by atoms with Crippen LogP contribution in [0.15, 0.2) is 170 Å². The molecule has 0 unspecified atom stereocenters. The maximum Gasteiger partial charge on any atom is 0.495 e. The van der Waals surface area contributed by atoms with Crippen molar-refractivity contribution < 1.29 is 78.9 Å². The number of pyridine rings is 3. The second kappa shape index (κ2) is 38.4. The van der Waals surface area contributed by atoms with E-state index >= 15 is 0 Å². The molecular formula is C88H100BBrF6N4O15S5. The molecule has 5 heterocycles. The van der Waals surface area contributed by atoms with Crippen LogP contribution in [0.3, 0.4) is 0 Å². The number of nitrogens with zero attached hydrogens (tertiary/aromatic N) is 4. The smallest absolute Gasteiger partial charge is 0.399 e. The molecule has 32 heteroatoms. The fraction of sp³-hybridized carbons (Fsp3) is 0.386. The number of fused-ring (bicyclic) bond motifs is 3. The lowest BCUT2D eigenvalue weighted by Gasteiger charge is -2.32. The van der Waals surface area contributed by atoms with E-state index in [2.05, 4.69) is 15.9 Å². The molecule has 19 nitrogen and oxygen atoms in total. The van der Waals surface area contributed by atoms with E-state index < -0.39 is 127 Å². The number of hydrogen-bond acceptors (Lipinski definition) is 16. The van der Waals surface area contributed by atoms with Gasteiger partial charge in [-0.05, 0) is 202 Å². The summed E-state index contributed by atoms with van der Waals surface area (Å²) in [7, 11) is -8.27. The van der Waals surface area contributed by atoms with E-state index in [1.807, 2.05) is 83.1 Å². The van der Waals surface area contributed by atoms with Crippen LogP contribution in [0.25, 0.3) is 22.3 Å². The molecule has 0 radical (unpaired) electrons. The minimum atomic E-state index is -3.42. The van der Waals surface area contributed by atoms with Gasteiger partial charge >= 0.3 is 7.12 Å². The summed E-state index contributed by atoms with van der Waals surface area (Å²) in [5.74, 6) is -6.67. The molecule has 0 aliphatic carbocycles. The SMILES string of the molecule is CCS(=O)(=O)Cc1ccc(C(=O)c2ccc(F)cc2F)c(-c2cn(C)c(=O)cc2[C@H](C)C[S@@](=O)C(C)(C)C)c1.CCS(=O)(=O)Cc1ccc(C(=O)c2ccc(F)cc2F)c(B2OC(C)(C)C(C)(C)O2)c1.CCS(=O)(=O)Cc1ccc2c(c1)-c1cn(C)c(=O)cc1[C@H](C)N=C2c1ccc(F)cc1F.C[C@H](C[S@@](=O)C(C)(C)C)c1cc(=O)n(C)cc1Br. The van der Waals surface area contributed by atoms with Crippen molar-refractivity contribution in [2.24, 2.45) is 26.1 Å². The molecule has 11 rings (SSSR count). The Morgan fingerprint density at radius 1 is 0.483 bits per heavy atom. The maximum atomic E-state index is 14.7. The Bertz CT molecular complexity index is 6080. The molecular weight excluding hydrogens is 1720 g/mol. The Morgan fingerprint density at radius 2 is 0.858 bits per heavy atom. The van der Waals surface area contributed by atoms with E-state index in [0.717, 1.165) is 40.4 Å². The first-order valence-corrected chi connectivity index (χ1v) is 47.3. The van der Waals surface area contributed by atoms with Crippen molar-refractivity contribution in [2.75, 3.05) is 28.8 Å². The summed E-state index contributed by atoms with van der Waals surface area (Å²) in [6, 6.07) is 26.9. The first-order chi connectivity index (χ1) is 55.5. The molecule has 1 fully saturated rings. The van der Waals surface area contributed by atoms with E-state index in [0.29, 0.717) is 84.7 Å². The monoisotopic (exact) mass is 1820 g/mol. The van der Waals surface area contributed by atoms with Gasteiger partial charge in [0.25, 0.3) is 16.7 Å². The predicted octanol–water partition coefficient (Wildman–Crippen LogP) is 15.6. The van der Waals surface area contributed by atoms with Crippen LogP contribution in [0.2, 0.25) is 0 Å². The van der Waals surface area contributed by atoms with Gasteiger partial charge in [-0.15, -0.1) is 0 Å². The Morgan fingerprint density at radius 3 is 1.32 bits per heavy atom. The van der Waals surface area contributed by atoms with Crippen molar-refractivity contribution in [2.45, 2.75) is 167 Å². The largest absolute Gasteiger partial charge is 0.495 e. The number of aryl methyl sites for hydroxylation is 3. The average Bonchev–Trinajstić information content (AvgIpc) is 1.57. The zero-order valence-electron chi connectivity index (χ0n) is 70.4. The highest BCUT2D eigenvalue weighted by molar-refractivity contribution is 9.10. The van der Waals surface area contributed by atoms with Gasteiger partial charge in [-0.3, -0.25) is 37.4 Å². The molecule has 0 N–H and O–H groups in total. The summed E-state index contributed by atoms with van der Waals surface area (Å²) >= 11 is 3.46. The number of halogens is 7. The van der Waals surface area contributed by atoms with E-state index in [9.17, 15) is 84.0 Å². The summed E-state index contributed by atoms with van der Waals surface area (Å²) in [5.41, 5.74) is 4.54. The zero-order chi connectivity index (χ0) is 89.8. The fourth-order valence-electron chi connectivity index (χ4n) is 12.8. The van der Waals surface area contributed by atoms with Gasteiger partial charge in [0.15, 0.2) is 41.1 Å². The third-order valence-corrected chi connectivity index (χ3v) is 30.8. The first-order valence-electron chi connectivity index (χ1n) is 38.5. The van der Waals surface area contributed by atoms with Crippen LogP contribution < -0.4 is 22.1 Å². The van der Waals surface area contributed by atoms with Gasteiger partial charge in [-0.2, -0.15) is 0 Å². The Kier molecular flexibility index (Phi) is 31.0. The minimum absolute atomic E-state index is 0.0136. The molecule has 0 bridgehead atoms.